The third-order valence-electron chi connectivity index (χ3n) is 2.90. The minimum Gasteiger partial charge on any atom is -0.375 e. The number of Topliss-reactive ketones (excluding diaryl/α,β-unsaturated/α-hetero) is 1. The topological polar surface area (TPSA) is 29.1 Å². The Hall–Kier alpha value is -1.87. The number of ketones is 1. The fraction of sp³-hybridized carbons (Fsp3) is 0.0667. The number of rotatable bonds is 2. The fourth-order valence-electron chi connectivity index (χ4n) is 1.98. The smallest absolute Gasteiger partial charge is 0.191 e. The normalized spacial score (nSPS) is 17.2. The Morgan fingerprint density at radius 3 is 2.61 bits per heavy atom. The standard InChI is InChI=1S/C15H13NOS/c17-14(12-6-2-1-3-7-12)10-18-11-16-13-8-4-5-9-15(13)18/h1-10,16H,11H2. The number of carbonyl (C=O) groups is 1. The Labute approximate surface area is 109 Å². The molecule has 1 N–H and O–H groups in total. The van der Waals surface area contributed by atoms with Gasteiger partial charge < -0.3 is 5.32 Å². The highest BCUT2D eigenvalue weighted by Gasteiger charge is 2.14. The van der Waals surface area contributed by atoms with E-state index in [0.29, 0.717) is 0 Å². The van der Waals surface area contributed by atoms with Crippen LogP contribution < -0.4 is 5.32 Å². The van der Waals surface area contributed by atoms with Crippen molar-refractivity contribution in [2.45, 2.75) is 4.90 Å². The number of benzene rings is 2. The van der Waals surface area contributed by atoms with E-state index >= 15 is 0 Å². The highest BCUT2D eigenvalue weighted by molar-refractivity contribution is 8.16. The zero-order valence-corrected chi connectivity index (χ0v) is 10.6. The van der Waals surface area contributed by atoms with Crippen LogP contribution in [0, 0.1) is 0 Å². The maximum atomic E-state index is 12.1. The lowest BCUT2D eigenvalue weighted by atomic mass is 10.2. The van der Waals surface area contributed by atoms with Crippen LogP contribution in [0.1, 0.15) is 10.4 Å². The Morgan fingerprint density at radius 1 is 1.06 bits per heavy atom. The van der Waals surface area contributed by atoms with Crippen molar-refractivity contribution < 1.29 is 4.79 Å². The maximum Gasteiger partial charge on any atom is 0.191 e. The van der Waals surface area contributed by atoms with Crippen molar-refractivity contribution in [3.8, 4) is 0 Å². The van der Waals surface area contributed by atoms with Gasteiger partial charge in [0.2, 0.25) is 0 Å². The number of nitrogens with one attached hydrogen (secondary N) is 1. The van der Waals surface area contributed by atoms with Crippen molar-refractivity contribution in [1.29, 1.82) is 0 Å². The molecule has 0 spiro atoms. The van der Waals surface area contributed by atoms with Gasteiger partial charge >= 0.3 is 0 Å². The summed E-state index contributed by atoms with van der Waals surface area (Å²) in [5.41, 5.74) is 1.91. The SMILES string of the molecule is O=C(C=S1CNc2ccccc21)c1ccccc1. The number of hydrogen-bond acceptors (Lipinski definition) is 2. The second-order valence-electron chi connectivity index (χ2n) is 4.09. The molecule has 3 rings (SSSR count). The number of anilines is 1. The largest absolute Gasteiger partial charge is 0.375 e. The first kappa shape index (κ1) is 11.2. The van der Waals surface area contributed by atoms with Crippen LogP contribution in [0.5, 0.6) is 0 Å². The van der Waals surface area contributed by atoms with Crippen molar-refractivity contribution in [2.24, 2.45) is 0 Å². The monoisotopic (exact) mass is 255 g/mol. The summed E-state index contributed by atoms with van der Waals surface area (Å²) in [4.78, 5) is 13.4. The first-order valence-corrected chi connectivity index (χ1v) is 7.27. The number of fused-ring (bicyclic) bond motifs is 1. The van der Waals surface area contributed by atoms with E-state index in [4.69, 9.17) is 0 Å². The number of para-hydroxylation sites is 1. The van der Waals surface area contributed by atoms with E-state index in [2.05, 4.69) is 17.4 Å². The Kier molecular flexibility index (Phi) is 2.99. The Bertz CT molecular complexity index is 619. The summed E-state index contributed by atoms with van der Waals surface area (Å²) in [6.45, 7) is 0. The second kappa shape index (κ2) is 4.78. The van der Waals surface area contributed by atoms with Crippen LogP contribution in [-0.4, -0.2) is 17.0 Å². The zero-order valence-electron chi connectivity index (χ0n) is 9.80. The molecule has 0 radical (unpaired) electrons. The molecule has 1 aliphatic rings. The molecule has 1 heterocycles. The third kappa shape index (κ3) is 2.09. The molecule has 1 unspecified atom stereocenters. The van der Waals surface area contributed by atoms with Gasteiger partial charge in [-0.05, 0) is 12.1 Å². The molecule has 0 saturated heterocycles. The zero-order chi connectivity index (χ0) is 12.4. The second-order valence-corrected chi connectivity index (χ2v) is 5.92. The van der Waals surface area contributed by atoms with Crippen LogP contribution in [0.25, 0.3) is 0 Å². The van der Waals surface area contributed by atoms with Gasteiger partial charge in [0.25, 0.3) is 0 Å². The molecular weight excluding hydrogens is 242 g/mol. The van der Waals surface area contributed by atoms with Gasteiger partial charge in [0.15, 0.2) is 5.78 Å². The molecule has 0 fully saturated rings. The molecule has 0 saturated carbocycles. The van der Waals surface area contributed by atoms with E-state index < -0.39 is 0 Å². The van der Waals surface area contributed by atoms with E-state index in [-0.39, 0.29) is 16.3 Å². The summed E-state index contributed by atoms with van der Waals surface area (Å²) < 4.78 is 0. The fourth-order valence-corrected chi connectivity index (χ4v) is 3.73. The quantitative estimate of drug-likeness (QED) is 0.658. The summed E-state index contributed by atoms with van der Waals surface area (Å²) in [5.74, 6) is 0.940. The maximum absolute atomic E-state index is 12.1. The van der Waals surface area contributed by atoms with E-state index in [1.807, 2.05) is 47.8 Å². The Morgan fingerprint density at radius 2 is 1.78 bits per heavy atom. The van der Waals surface area contributed by atoms with Gasteiger partial charge in [0.1, 0.15) is 0 Å². The van der Waals surface area contributed by atoms with E-state index in [9.17, 15) is 4.79 Å². The summed E-state index contributed by atoms with van der Waals surface area (Å²) in [6.07, 6.45) is 0. The average Bonchev–Trinajstić information content (AvgIpc) is 2.83. The molecule has 1 aliphatic heterocycles. The lowest BCUT2D eigenvalue weighted by molar-refractivity contribution is 0.107. The predicted octanol–water partition coefficient (Wildman–Crippen LogP) is 3.38. The van der Waals surface area contributed by atoms with Crippen LogP contribution >= 0.6 is 10.5 Å². The number of carbonyl (C=O) groups excluding carboxylic acids is 1. The van der Waals surface area contributed by atoms with E-state index in [1.165, 1.54) is 4.90 Å². The lowest BCUT2D eigenvalue weighted by Gasteiger charge is -2.00. The minimum atomic E-state index is -0.118. The molecule has 2 aromatic rings. The Balaban J connectivity index is 1.93. The first-order valence-electron chi connectivity index (χ1n) is 5.81. The minimum absolute atomic E-state index is 0.109. The van der Waals surface area contributed by atoms with Gasteiger partial charge in [-0.3, -0.25) is 4.79 Å². The van der Waals surface area contributed by atoms with Crippen LogP contribution in [0.3, 0.4) is 0 Å². The molecular formula is C15H13NOS. The van der Waals surface area contributed by atoms with Crippen LogP contribution in [-0.2, 0) is 0 Å². The summed E-state index contributed by atoms with van der Waals surface area (Å²) in [7, 11) is -0.118. The van der Waals surface area contributed by atoms with Crippen LogP contribution in [0.15, 0.2) is 59.5 Å². The van der Waals surface area contributed by atoms with E-state index in [1.54, 1.807) is 0 Å². The molecule has 18 heavy (non-hydrogen) atoms. The van der Waals surface area contributed by atoms with Crippen LogP contribution in [0.4, 0.5) is 5.69 Å². The number of hydrogen-bond donors (Lipinski definition) is 1. The van der Waals surface area contributed by atoms with Crippen molar-refractivity contribution in [3.05, 3.63) is 60.2 Å². The predicted molar refractivity (Wildman–Crippen MR) is 77.6 cm³/mol. The van der Waals surface area contributed by atoms with Crippen LogP contribution in [0.2, 0.25) is 0 Å². The van der Waals surface area contributed by atoms with Crippen molar-refractivity contribution in [3.63, 3.8) is 0 Å². The summed E-state index contributed by atoms with van der Waals surface area (Å²) in [6, 6.07) is 17.6. The molecule has 0 aromatic heterocycles. The van der Waals surface area contributed by atoms with Gasteiger partial charge in [0, 0.05) is 21.5 Å². The lowest BCUT2D eigenvalue weighted by Crippen LogP contribution is -2.01. The van der Waals surface area contributed by atoms with Gasteiger partial charge in [-0.2, -0.15) is 0 Å². The molecule has 90 valence electrons. The molecule has 0 bridgehead atoms. The summed E-state index contributed by atoms with van der Waals surface area (Å²) >= 11 is 0. The van der Waals surface area contributed by atoms with E-state index in [0.717, 1.165) is 17.1 Å². The van der Waals surface area contributed by atoms with Gasteiger partial charge in [-0.25, -0.2) is 0 Å². The molecule has 0 aliphatic carbocycles. The molecule has 0 amide bonds. The third-order valence-corrected chi connectivity index (χ3v) is 4.77. The highest BCUT2D eigenvalue weighted by Crippen LogP contribution is 2.38. The van der Waals surface area contributed by atoms with Gasteiger partial charge in [-0.15, -0.1) is 10.5 Å². The highest BCUT2D eigenvalue weighted by atomic mass is 32.2. The molecule has 2 nitrogen and oxygen atoms in total. The van der Waals surface area contributed by atoms with Gasteiger partial charge in [0.05, 0.1) is 5.88 Å². The van der Waals surface area contributed by atoms with Crippen molar-refractivity contribution in [1.82, 2.24) is 0 Å². The average molecular weight is 255 g/mol. The first-order chi connectivity index (χ1) is 8.84. The van der Waals surface area contributed by atoms with Crippen molar-refractivity contribution in [2.75, 3.05) is 11.2 Å². The van der Waals surface area contributed by atoms with Gasteiger partial charge in [-0.1, -0.05) is 42.5 Å². The molecule has 2 aromatic carbocycles. The molecule has 3 heteroatoms. The molecule has 1 atom stereocenters. The van der Waals surface area contributed by atoms with Crippen molar-refractivity contribution >= 4 is 27.3 Å². The summed E-state index contributed by atoms with van der Waals surface area (Å²) in [5, 5.41) is 5.18.